The standard InChI is InChI=1S/C23H30N4O5S/c1-16-4-9-20(33(30,31)26-18-5-7-19(32-3)8-6-18)14-21(16)23(29)25-17-10-12-27(13-11-17)15-22(28)24-2/h4-9,14,17,26H,10-13,15H2,1-3H3,(H,24,28)(H,25,29). The molecule has 10 heteroatoms. The van der Waals surface area contributed by atoms with Gasteiger partial charge in [-0.2, -0.15) is 0 Å². The van der Waals surface area contributed by atoms with Crippen molar-refractivity contribution in [2.75, 3.05) is 38.5 Å². The Morgan fingerprint density at radius 1 is 1.09 bits per heavy atom. The van der Waals surface area contributed by atoms with Crippen LogP contribution in [0.15, 0.2) is 47.4 Å². The van der Waals surface area contributed by atoms with Crippen molar-refractivity contribution in [1.29, 1.82) is 0 Å². The number of ether oxygens (including phenoxy) is 1. The lowest BCUT2D eigenvalue weighted by Crippen LogP contribution is -2.47. The second-order valence-corrected chi connectivity index (χ2v) is 9.69. The molecular weight excluding hydrogens is 444 g/mol. The van der Waals surface area contributed by atoms with Gasteiger partial charge in [0.15, 0.2) is 0 Å². The molecule has 0 aromatic heterocycles. The van der Waals surface area contributed by atoms with E-state index in [1.807, 2.05) is 4.90 Å². The summed E-state index contributed by atoms with van der Waals surface area (Å²) in [6.45, 7) is 3.53. The monoisotopic (exact) mass is 474 g/mol. The van der Waals surface area contributed by atoms with Gasteiger partial charge in [0.25, 0.3) is 15.9 Å². The number of carbonyl (C=O) groups is 2. The summed E-state index contributed by atoms with van der Waals surface area (Å²) < 4.78 is 33.3. The summed E-state index contributed by atoms with van der Waals surface area (Å²) in [6, 6.07) is 11.0. The highest BCUT2D eigenvalue weighted by Gasteiger charge is 2.24. The zero-order chi connectivity index (χ0) is 24.0. The van der Waals surface area contributed by atoms with E-state index in [0.717, 1.165) is 12.8 Å². The van der Waals surface area contributed by atoms with Gasteiger partial charge in [0.2, 0.25) is 5.91 Å². The van der Waals surface area contributed by atoms with E-state index in [1.165, 1.54) is 19.2 Å². The topological polar surface area (TPSA) is 117 Å². The molecule has 2 aromatic carbocycles. The van der Waals surface area contributed by atoms with Gasteiger partial charge >= 0.3 is 0 Å². The van der Waals surface area contributed by atoms with E-state index in [4.69, 9.17) is 4.74 Å². The maximum absolute atomic E-state index is 12.9. The molecule has 178 valence electrons. The maximum atomic E-state index is 12.9. The third-order valence-electron chi connectivity index (χ3n) is 5.68. The van der Waals surface area contributed by atoms with Crippen molar-refractivity contribution in [1.82, 2.24) is 15.5 Å². The number of hydrogen-bond donors (Lipinski definition) is 3. The summed E-state index contributed by atoms with van der Waals surface area (Å²) >= 11 is 0. The van der Waals surface area contributed by atoms with Crippen LogP contribution in [0.2, 0.25) is 0 Å². The Bertz CT molecular complexity index is 1090. The fourth-order valence-corrected chi connectivity index (χ4v) is 4.75. The smallest absolute Gasteiger partial charge is 0.261 e. The molecule has 0 atom stereocenters. The van der Waals surface area contributed by atoms with Crippen molar-refractivity contribution in [3.63, 3.8) is 0 Å². The van der Waals surface area contributed by atoms with Gasteiger partial charge in [-0.05, 0) is 61.7 Å². The molecule has 1 saturated heterocycles. The molecule has 1 fully saturated rings. The van der Waals surface area contributed by atoms with E-state index in [1.54, 1.807) is 44.3 Å². The van der Waals surface area contributed by atoms with Crippen LogP contribution in [-0.4, -0.2) is 65.0 Å². The first-order valence-electron chi connectivity index (χ1n) is 10.7. The van der Waals surface area contributed by atoms with Gasteiger partial charge in [0.05, 0.1) is 18.6 Å². The van der Waals surface area contributed by atoms with Crippen LogP contribution in [0, 0.1) is 6.92 Å². The molecule has 1 aliphatic heterocycles. The highest BCUT2D eigenvalue weighted by atomic mass is 32.2. The third kappa shape index (κ3) is 6.45. The largest absolute Gasteiger partial charge is 0.497 e. The number of likely N-dealkylation sites (N-methyl/N-ethyl adjacent to an activating group) is 1. The summed E-state index contributed by atoms with van der Waals surface area (Å²) in [5.74, 6) is 0.278. The predicted molar refractivity (Wildman–Crippen MR) is 126 cm³/mol. The molecule has 2 amide bonds. The molecule has 1 heterocycles. The lowest BCUT2D eigenvalue weighted by atomic mass is 10.0. The maximum Gasteiger partial charge on any atom is 0.261 e. The molecule has 3 rings (SSSR count). The van der Waals surface area contributed by atoms with E-state index >= 15 is 0 Å². The van der Waals surface area contributed by atoms with Crippen molar-refractivity contribution in [2.45, 2.75) is 30.7 Å². The Morgan fingerprint density at radius 3 is 2.36 bits per heavy atom. The van der Waals surface area contributed by atoms with Crippen molar-refractivity contribution in [3.8, 4) is 5.75 Å². The highest BCUT2D eigenvalue weighted by molar-refractivity contribution is 7.92. The molecule has 1 aliphatic rings. The van der Waals surface area contributed by atoms with E-state index in [2.05, 4.69) is 15.4 Å². The Kier molecular flexibility index (Phi) is 7.93. The predicted octanol–water partition coefficient (Wildman–Crippen LogP) is 1.74. The summed E-state index contributed by atoms with van der Waals surface area (Å²) in [5, 5.41) is 5.62. The van der Waals surface area contributed by atoms with Gasteiger partial charge < -0.3 is 15.4 Å². The minimum absolute atomic E-state index is 0.00876. The summed E-state index contributed by atoms with van der Waals surface area (Å²) in [5.41, 5.74) is 1.40. The number of sulfonamides is 1. The first kappa shape index (κ1) is 24.5. The van der Waals surface area contributed by atoms with Gasteiger partial charge in [-0.3, -0.25) is 19.2 Å². The van der Waals surface area contributed by atoms with Crippen LogP contribution in [0.25, 0.3) is 0 Å². The summed E-state index contributed by atoms with van der Waals surface area (Å²) in [6.07, 6.45) is 1.44. The van der Waals surface area contributed by atoms with Crippen molar-refractivity contribution < 1.29 is 22.7 Å². The third-order valence-corrected chi connectivity index (χ3v) is 7.05. The minimum atomic E-state index is -3.88. The molecule has 3 N–H and O–H groups in total. The van der Waals surface area contributed by atoms with E-state index in [9.17, 15) is 18.0 Å². The first-order chi connectivity index (χ1) is 15.7. The van der Waals surface area contributed by atoms with Crippen molar-refractivity contribution in [3.05, 3.63) is 53.6 Å². The van der Waals surface area contributed by atoms with E-state index in [-0.39, 0.29) is 22.8 Å². The molecule has 0 radical (unpaired) electrons. The number of nitrogens with one attached hydrogen (secondary N) is 3. The number of benzene rings is 2. The summed E-state index contributed by atoms with van der Waals surface area (Å²) in [4.78, 5) is 26.5. The number of rotatable bonds is 8. The van der Waals surface area contributed by atoms with Crippen LogP contribution in [0.1, 0.15) is 28.8 Å². The van der Waals surface area contributed by atoms with Crippen LogP contribution in [-0.2, 0) is 14.8 Å². The van der Waals surface area contributed by atoms with Gasteiger partial charge in [-0.25, -0.2) is 8.42 Å². The van der Waals surface area contributed by atoms with Gasteiger partial charge in [-0.1, -0.05) is 6.07 Å². The number of nitrogens with zero attached hydrogens (tertiary/aromatic N) is 1. The van der Waals surface area contributed by atoms with Crippen molar-refractivity contribution >= 4 is 27.5 Å². The molecule has 0 aliphatic carbocycles. The second kappa shape index (κ2) is 10.7. The van der Waals surface area contributed by atoms with E-state index < -0.39 is 10.0 Å². The molecule has 9 nitrogen and oxygen atoms in total. The number of methoxy groups -OCH3 is 1. The molecule has 33 heavy (non-hydrogen) atoms. The zero-order valence-electron chi connectivity index (χ0n) is 19.1. The zero-order valence-corrected chi connectivity index (χ0v) is 19.9. The number of hydrogen-bond acceptors (Lipinski definition) is 6. The first-order valence-corrected chi connectivity index (χ1v) is 12.2. The lowest BCUT2D eigenvalue weighted by molar-refractivity contribution is -0.122. The normalized spacial score (nSPS) is 15.0. The van der Waals surface area contributed by atoms with Crippen molar-refractivity contribution in [2.24, 2.45) is 0 Å². The minimum Gasteiger partial charge on any atom is -0.497 e. The SMILES string of the molecule is CNC(=O)CN1CCC(NC(=O)c2cc(S(=O)(=O)Nc3ccc(OC)cc3)ccc2C)CC1. The number of anilines is 1. The fraction of sp³-hybridized carbons (Fsp3) is 0.391. The fourth-order valence-electron chi connectivity index (χ4n) is 3.67. The van der Waals surface area contributed by atoms with Crippen LogP contribution in [0.3, 0.4) is 0 Å². The Morgan fingerprint density at radius 2 is 1.76 bits per heavy atom. The Hall–Kier alpha value is -3.11. The average molecular weight is 475 g/mol. The molecular formula is C23H30N4O5S. The molecule has 0 unspecified atom stereocenters. The highest BCUT2D eigenvalue weighted by Crippen LogP contribution is 2.22. The Labute approximate surface area is 194 Å². The summed E-state index contributed by atoms with van der Waals surface area (Å²) in [7, 11) is -0.732. The molecule has 0 saturated carbocycles. The number of carbonyl (C=O) groups excluding carboxylic acids is 2. The van der Waals surface area contributed by atoms with Gasteiger partial charge in [0.1, 0.15) is 5.75 Å². The van der Waals surface area contributed by atoms with Gasteiger partial charge in [0, 0.05) is 37.4 Å². The number of amides is 2. The molecule has 0 spiro atoms. The Balaban J connectivity index is 1.66. The van der Waals surface area contributed by atoms with Crippen LogP contribution in [0.5, 0.6) is 5.75 Å². The average Bonchev–Trinajstić information content (AvgIpc) is 2.80. The lowest BCUT2D eigenvalue weighted by Gasteiger charge is -2.31. The van der Waals surface area contributed by atoms with Crippen LogP contribution in [0.4, 0.5) is 5.69 Å². The van der Waals surface area contributed by atoms with Crippen LogP contribution < -0.4 is 20.1 Å². The number of aryl methyl sites for hydroxylation is 1. The molecule has 2 aromatic rings. The van der Waals surface area contributed by atoms with E-state index in [0.29, 0.717) is 42.2 Å². The van der Waals surface area contributed by atoms with Crippen LogP contribution >= 0.6 is 0 Å². The number of piperidine rings is 1. The second-order valence-electron chi connectivity index (χ2n) is 8.01. The molecule has 0 bridgehead atoms. The van der Waals surface area contributed by atoms with Gasteiger partial charge in [-0.15, -0.1) is 0 Å². The quantitative estimate of drug-likeness (QED) is 0.537. The number of likely N-dealkylation sites (tertiary alicyclic amines) is 1.